The quantitative estimate of drug-likeness (QED) is 0.199. The molecule has 204 valence electrons. The van der Waals surface area contributed by atoms with E-state index in [1.807, 2.05) is 105 Å². The molecule has 40 heavy (non-hydrogen) atoms. The van der Waals surface area contributed by atoms with Gasteiger partial charge in [0, 0.05) is 25.5 Å². The van der Waals surface area contributed by atoms with Gasteiger partial charge in [0.1, 0.15) is 17.4 Å². The minimum absolute atomic E-state index is 0.000523. The number of halogens is 4. The Labute approximate surface area is 251 Å². The summed E-state index contributed by atoms with van der Waals surface area (Å²) in [6, 6.07) is 28.5. The summed E-state index contributed by atoms with van der Waals surface area (Å²) in [7, 11) is 1.61. The molecule has 1 aliphatic rings. The fourth-order valence-corrected chi connectivity index (χ4v) is 7.48. The molecule has 0 N–H and O–H groups in total. The van der Waals surface area contributed by atoms with Crippen LogP contribution in [0.25, 0.3) is 11.1 Å². The van der Waals surface area contributed by atoms with E-state index in [0.29, 0.717) is 22.4 Å². The number of aryl methyl sites for hydroxylation is 1. The number of hydrogen-bond acceptors (Lipinski definition) is 1. The Bertz CT molecular complexity index is 1620. The van der Waals surface area contributed by atoms with Gasteiger partial charge in [0.2, 0.25) is 0 Å². The SMILES string of the molecule is CCc1ccc(C2=C(F)C(c3cccc(OC)c3C)C(C)(c3ccc(Br)cc3Br)C(c3ccccc3)=C2F)cc1. The molecular formula is C35H30Br2F2O. The van der Waals surface area contributed by atoms with E-state index in [1.54, 1.807) is 7.11 Å². The molecule has 0 aromatic heterocycles. The van der Waals surface area contributed by atoms with Crippen LogP contribution in [0.2, 0.25) is 0 Å². The van der Waals surface area contributed by atoms with E-state index >= 15 is 8.78 Å². The third-order valence-electron chi connectivity index (χ3n) is 8.09. The van der Waals surface area contributed by atoms with E-state index < -0.39 is 23.0 Å². The molecule has 0 saturated heterocycles. The van der Waals surface area contributed by atoms with Crippen molar-refractivity contribution in [3.63, 3.8) is 0 Å². The summed E-state index contributed by atoms with van der Waals surface area (Å²) in [5, 5.41) is 0. The van der Waals surface area contributed by atoms with Crippen LogP contribution in [0.3, 0.4) is 0 Å². The first-order valence-electron chi connectivity index (χ1n) is 13.3. The maximum atomic E-state index is 17.4. The molecule has 5 heteroatoms. The number of methoxy groups -OCH3 is 1. The second-order valence-corrected chi connectivity index (χ2v) is 12.0. The van der Waals surface area contributed by atoms with Gasteiger partial charge in [-0.15, -0.1) is 0 Å². The van der Waals surface area contributed by atoms with Gasteiger partial charge in [-0.05, 0) is 64.9 Å². The van der Waals surface area contributed by atoms with E-state index in [9.17, 15) is 0 Å². The van der Waals surface area contributed by atoms with Crippen LogP contribution in [-0.2, 0) is 11.8 Å². The van der Waals surface area contributed by atoms with Gasteiger partial charge in [-0.3, -0.25) is 0 Å². The highest BCUT2D eigenvalue weighted by Gasteiger charge is 2.51. The van der Waals surface area contributed by atoms with Crippen molar-refractivity contribution in [1.29, 1.82) is 0 Å². The zero-order chi connectivity index (χ0) is 28.6. The largest absolute Gasteiger partial charge is 0.496 e. The van der Waals surface area contributed by atoms with Crippen LogP contribution in [-0.4, -0.2) is 7.11 Å². The Balaban J connectivity index is 1.93. The van der Waals surface area contributed by atoms with Crippen LogP contribution >= 0.6 is 31.9 Å². The van der Waals surface area contributed by atoms with Gasteiger partial charge in [0.05, 0.1) is 13.0 Å². The minimum Gasteiger partial charge on any atom is -0.496 e. The normalized spacial score (nSPS) is 19.2. The third kappa shape index (κ3) is 4.77. The van der Waals surface area contributed by atoms with Crippen molar-refractivity contribution in [3.8, 4) is 5.75 Å². The van der Waals surface area contributed by atoms with E-state index in [4.69, 9.17) is 4.74 Å². The Morgan fingerprint density at radius 2 is 1.55 bits per heavy atom. The molecule has 0 aliphatic heterocycles. The van der Waals surface area contributed by atoms with Crippen molar-refractivity contribution in [2.75, 3.05) is 7.11 Å². The number of hydrogen-bond donors (Lipinski definition) is 0. The average molecular weight is 664 g/mol. The summed E-state index contributed by atoms with van der Waals surface area (Å²) >= 11 is 7.29. The highest BCUT2D eigenvalue weighted by Crippen LogP contribution is 2.61. The fraction of sp³-hybridized carbons (Fsp3) is 0.200. The Hall–Kier alpha value is -3.02. The first-order valence-corrected chi connectivity index (χ1v) is 14.8. The molecule has 5 rings (SSSR count). The van der Waals surface area contributed by atoms with Gasteiger partial charge in [-0.1, -0.05) is 119 Å². The summed E-state index contributed by atoms with van der Waals surface area (Å²) in [5.41, 5.74) is 4.00. The molecule has 0 saturated carbocycles. The summed E-state index contributed by atoms with van der Waals surface area (Å²) in [6.07, 6.45) is 0.844. The first kappa shape index (κ1) is 28.5. The monoisotopic (exact) mass is 662 g/mol. The molecular weight excluding hydrogens is 634 g/mol. The van der Waals surface area contributed by atoms with Crippen molar-refractivity contribution in [1.82, 2.24) is 0 Å². The molecule has 0 radical (unpaired) electrons. The molecule has 4 aromatic carbocycles. The van der Waals surface area contributed by atoms with Gasteiger partial charge in [-0.2, -0.15) is 0 Å². The summed E-state index contributed by atoms with van der Waals surface area (Å²) in [4.78, 5) is 0. The molecule has 1 aliphatic carbocycles. The van der Waals surface area contributed by atoms with Crippen LogP contribution in [0.1, 0.15) is 53.1 Å². The number of rotatable bonds is 6. The van der Waals surface area contributed by atoms with Crippen LogP contribution in [0.5, 0.6) is 5.75 Å². The molecule has 0 bridgehead atoms. The summed E-state index contributed by atoms with van der Waals surface area (Å²) in [6.45, 7) is 5.95. The molecule has 0 spiro atoms. The molecule has 4 aromatic rings. The van der Waals surface area contributed by atoms with Crippen LogP contribution in [0, 0.1) is 6.92 Å². The standard InChI is InChI=1S/C35H30Br2F2O/c1-5-22-14-16-23(17-15-22)30-33(38)31(24-10-7-6-8-11-24)35(3,27-19-18-25(36)20-28(27)37)32(34(30)39)26-12-9-13-29(40-4)21(26)2/h6-20,32H,5H2,1-4H3. The zero-order valence-corrected chi connectivity index (χ0v) is 26.0. The predicted octanol–water partition coefficient (Wildman–Crippen LogP) is 10.9. The van der Waals surface area contributed by atoms with Crippen LogP contribution < -0.4 is 4.74 Å². The first-order chi connectivity index (χ1) is 19.2. The fourth-order valence-electron chi connectivity index (χ4n) is 6.02. The van der Waals surface area contributed by atoms with Crippen molar-refractivity contribution < 1.29 is 13.5 Å². The lowest BCUT2D eigenvalue weighted by Gasteiger charge is -2.45. The van der Waals surface area contributed by atoms with E-state index in [0.717, 1.165) is 37.6 Å². The third-order valence-corrected chi connectivity index (χ3v) is 9.24. The zero-order valence-electron chi connectivity index (χ0n) is 22.9. The van der Waals surface area contributed by atoms with Gasteiger partial charge >= 0.3 is 0 Å². The van der Waals surface area contributed by atoms with Crippen molar-refractivity contribution in [2.45, 2.75) is 38.5 Å². The average Bonchev–Trinajstić information content (AvgIpc) is 2.94. The molecule has 1 nitrogen and oxygen atoms in total. The smallest absolute Gasteiger partial charge is 0.138 e. The lowest BCUT2D eigenvalue weighted by molar-refractivity contribution is 0.402. The van der Waals surface area contributed by atoms with Gasteiger partial charge in [0.25, 0.3) is 0 Å². The second-order valence-electron chi connectivity index (χ2n) is 10.3. The minimum atomic E-state index is -1.13. The van der Waals surface area contributed by atoms with Crippen molar-refractivity contribution in [2.24, 2.45) is 0 Å². The lowest BCUT2D eigenvalue weighted by atomic mass is 9.58. The highest BCUT2D eigenvalue weighted by molar-refractivity contribution is 9.11. The number of benzene rings is 4. The van der Waals surface area contributed by atoms with Gasteiger partial charge in [0.15, 0.2) is 0 Å². The topological polar surface area (TPSA) is 9.23 Å². The molecule has 0 amide bonds. The number of allylic oxidation sites excluding steroid dienone is 4. The maximum Gasteiger partial charge on any atom is 0.138 e. The van der Waals surface area contributed by atoms with Gasteiger partial charge in [-0.25, -0.2) is 8.78 Å². The van der Waals surface area contributed by atoms with E-state index in [2.05, 4.69) is 38.8 Å². The van der Waals surface area contributed by atoms with E-state index in [1.165, 1.54) is 0 Å². The molecule has 2 unspecified atom stereocenters. The maximum absolute atomic E-state index is 17.4. The highest BCUT2D eigenvalue weighted by atomic mass is 79.9. The summed E-state index contributed by atoms with van der Waals surface area (Å²) < 4.78 is 41.8. The van der Waals surface area contributed by atoms with Crippen LogP contribution in [0.4, 0.5) is 8.78 Å². The molecule has 0 heterocycles. The van der Waals surface area contributed by atoms with Gasteiger partial charge < -0.3 is 4.74 Å². The Morgan fingerprint density at radius 3 is 2.17 bits per heavy atom. The van der Waals surface area contributed by atoms with Crippen molar-refractivity contribution >= 4 is 43.0 Å². The predicted molar refractivity (Wildman–Crippen MR) is 168 cm³/mol. The second kappa shape index (κ2) is 11.5. The van der Waals surface area contributed by atoms with Crippen molar-refractivity contribution in [3.05, 3.63) is 145 Å². The molecule has 0 fully saturated rings. The summed E-state index contributed by atoms with van der Waals surface area (Å²) in [5.74, 6) is -1.24. The van der Waals surface area contributed by atoms with Crippen LogP contribution in [0.15, 0.2) is 112 Å². The Kier molecular flexibility index (Phi) is 8.17. The number of ether oxygens (including phenoxy) is 1. The molecule has 2 atom stereocenters. The Morgan fingerprint density at radius 1 is 0.850 bits per heavy atom. The van der Waals surface area contributed by atoms with E-state index in [-0.39, 0.29) is 5.57 Å². The lowest BCUT2D eigenvalue weighted by Crippen LogP contribution is -2.37.